The number of carbonyl (C=O) groups is 1. The number of nitrogens with two attached hydrogens (primary N) is 1. The fourth-order valence-electron chi connectivity index (χ4n) is 3.02. The lowest BCUT2D eigenvalue weighted by Gasteiger charge is -2.29. The first-order valence-electron chi connectivity index (χ1n) is 5.81. The van der Waals surface area contributed by atoms with Crippen LogP contribution in [0.1, 0.15) is 39.0 Å². The third kappa shape index (κ3) is 1.88. The normalized spacial score (nSPS) is 42.3. The van der Waals surface area contributed by atoms with Gasteiger partial charge in [0.1, 0.15) is 5.54 Å². The Morgan fingerprint density at radius 1 is 1.53 bits per heavy atom. The van der Waals surface area contributed by atoms with Crippen LogP contribution < -0.4 is 5.73 Å². The summed E-state index contributed by atoms with van der Waals surface area (Å²) in [5, 5.41) is 9.06. The van der Waals surface area contributed by atoms with Crippen LogP contribution in [0.2, 0.25) is 0 Å². The standard InChI is InChI=1S/C11H20N2O2/c1-8-3-2-6-13(8)9-4-5-11(12,7-9)10(14)15/h8-9H,2-7,12H2,1H3,(H,14,15). The van der Waals surface area contributed by atoms with E-state index in [0.717, 1.165) is 13.0 Å². The van der Waals surface area contributed by atoms with Crippen molar-refractivity contribution in [2.24, 2.45) is 5.73 Å². The van der Waals surface area contributed by atoms with E-state index in [1.165, 1.54) is 12.8 Å². The summed E-state index contributed by atoms with van der Waals surface area (Å²) < 4.78 is 0. The molecular weight excluding hydrogens is 192 g/mol. The average molecular weight is 212 g/mol. The highest BCUT2D eigenvalue weighted by molar-refractivity contribution is 5.79. The molecular formula is C11H20N2O2. The van der Waals surface area contributed by atoms with E-state index in [2.05, 4.69) is 11.8 Å². The van der Waals surface area contributed by atoms with Crippen molar-refractivity contribution in [3.63, 3.8) is 0 Å². The molecule has 2 fully saturated rings. The second-order valence-electron chi connectivity index (χ2n) is 5.09. The van der Waals surface area contributed by atoms with Crippen LogP contribution >= 0.6 is 0 Å². The zero-order valence-electron chi connectivity index (χ0n) is 9.28. The Morgan fingerprint density at radius 2 is 2.27 bits per heavy atom. The van der Waals surface area contributed by atoms with Crippen LogP contribution in [0.4, 0.5) is 0 Å². The van der Waals surface area contributed by atoms with Crippen LogP contribution in [0.3, 0.4) is 0 Å². The van der Waals surface area contributed by atoms with Crippen molar-refractivity contribution in [3.8, 4) is 0 Å². The molecule has 3 N–H and O–H groups in total. The maximum absolute atomic E-state index is 11.0. The third-order valence-corrected chi connectivity index (χ3v) is 4.02. The molecule has 0 amide bonds. The Bertz CT molecular complexity index is 269. The van der Waals surface area contributed by atoms with Crippen molar-refractivity contribution in [2.45, 2.75) is 56.7 Å². The van der Waals surface area contributed by atoms with Crippen LogP contribution in [0.5, 0.6) is 0 Å². The summed E-state index contributed by atoms with van der Waals surface area (Å²) in [6.07, 6.45) is 4.65. The fourth-order valence-corrected chi connectivity index (χ4v) is 3.02. The molecule has 4 nitrogen and oxygen atoms in total. The van der Waals surface area contributed by atoms with Gasteiger partial charge in [0.25, 0.3) is 0 Å². The highest BCUT2D eigenvalue weighted by Gasteiger charge is 2.45. The topological polar surface area (TPSA) is 66.6 Å². The molecule has 1 saturated carbocycles. The Hall–Kier alpha value is -0.610. The summed E-state index contributed by atoms with van der Waals surface area (Å²) >= 11 is 0. The molecule has 1 saturated heterocycles. The molecule has 3 atom stereocenters. The highest BCUT2D eigenvalue weighted by atomic mass is 16.4. The van der Waals surface area contributed by atoms with Crippen molar-refractivity contribution >= 4 is 5.97 Å². The lowest BCUT2D eigenvalue weighted by molar-refractivity contribution is -0.143. The molecule has 1 heterocycles. The van der Waals surface area contributed by atoms with Gasteiger partial charge in [0.05, 0.1) is 0 Å². The summed E-state index contributed by atoms with van der Waals surface area (Å²) in [6.45, 7) is 3.34. The Labute approximate surface area is 90.4 Å². The Morgan fingerprint density at radius 3 is 2.73 bits per heavy atom. The molecule has 0 radical (unpaired) electrons. The van der Waals surface area contributed by atoms with Crippen LogP contribution in [0, 0.1) is 0 Å². The zero-order chi connectivity index (χ0) is 11.1. The molecule has 4 heteroatoms. The van der Waals surface area contributed by atoms with Crippen LogP contribution in [-0.4, -0.2) is 40.1 Å². The molecule has 0 aromatic heterocycles. The Kier molecular flexibility index (Phi) is 2.73. The summed E-state index contributed by atoms with van der Waals surface area (Å²) in [5.41, 5.74) is 4.91. The van der Waals surface area contributed by atoms with Gasteiger partial charge >= 0.3 is 5.97 Å². The van der Waals surface area contributed by atoms with Crippen molar-refractivity contribution < 1.29 is 9.90 Å². The van der Waals surface area contributed by atoms with Gasteiger partial charge in [-0.3, -0.25) is 9.69 Å². The number of nitrogens with zero attached hydrogens (tertiary/aromatic N) is 1. The lowest BCUT2D eigenvalue weighted by atomic mass is 9.99. The SMILES string of the molecule is CC1CCCN1C1CCC(N)(C(=O)O)C1. The van der Waals surface area contributed by atoms with Gasteiger partial charge in [-0.05, 0) is 45.6 Å². The molecule has 15 heavy (non-hydrogen) atoms. The van der Waals surface area contributed by atoms with E-state index in [0.29, 0.717) is 24.9 Å². The van der Waals surface area contributed by atoms with E-state index in [-0.39, 0.29) is 0 Å². The minimum atomic E-state index is -0.965. The molecule has 0 spiro atoms. The third-order valence-electron chi connectivity index (χ3n) is 4.02. The number of carboxylic acids is 1. The second kappa shape index (κ2) is 3.76. The lowest BCUT2D eigenvalue weighted by Crippen LogP contribution is -2.47. The largest absolute Gasteiger partial charge is 0.480 e. The van der Waals surface area contributed by atoms with Gasteiger partial charge in [-0.25, -0.2) is 0 Å². The molecule has 2 aliphatic rings. The summed E-state index contributed by atoms with van der Waals surface area (Å²) in [6, 6.07) is 0.995. The summed E-state index contributed by atoms with van der Waals surface area (Å²) in [4.78, 5) is 13.5. The first-order chi connectivity index (χ1) is 7.03. The van der Waals surface area contributed by atoms with Gasteiger partial charge in [-0.1, -0.05) is 0 Å². The van der Waals surface area contributed by atoms with Crippen molar-refractivity contribution in [3.05, 3.63) is 0 Å². The monoisotopic (exact) mass is 212 g/mol. The molecule has 0 aromatic carbocycles. The quantitative estimate of drug-likeness (QED) is 0.710. The molecule has 1 aliphatic heterocycles. The Balaban J connectivity index is 2.00. The summed E-state index contributed by atoms with van der Waals surface area (Å²) in [7, 11) is 0. The van der Waals surface area contributed by atoms with Crippen LogP contribution in [-0.2, 0) is 4.79 Å². The first kappa shape index (κ1) is 10.9. The minimum absolute atomic E-state index is 0.392. The number of aliphatic carboxylic acids is 1. The average Bonchev–Trinajstić information content (AvgIpc) is 2.73. The van der Waals surface area contributed by atoms with E-state index >= 15 is 0 Å². The first-order valence-corrected chi connectivity index (χ1v) is 5.81. The highest BCUT2D eigenvalue weighted by Crippen LogP contribution is 2.34. The molecule has 2 rings (SSSR count). The molecule has 3 unspecified atom stereocenters. The van der Waals surface area contributed by atoms with Gasteiger partial charge in [0, 0.05) is 12.1 Å². The van der Waals surface area contributed by atoms with Crippen molar-refractivity contribution in [1.82, 2.24) is 4.90 Å². The molecule has 86 valence electrons. The van der Waals surface area contributed by atoms with Gasteiger partial charge < -0.3 is 10.8 Å². The number of likely N-dealkylation sites (tertiary alicyclic amines) is 1. The number of hydrogen-bond acceptors (Lipinski definition) is 3. The zero-order valence-corrected chi connectivity index (χ0v) is 9.28. The van der Waals surface area contributed by atoms with E-state index in [9.17, 15) is 4.79 Å². The van der Waals surface area contributed by atoms with Gasteiger partial charge in [-0.15, -0.1) is 0 Å². The van der Waals surface area contributed by atoms with Crippen LogP contribution in [0.25, 0.3) is 0 Å². The van der Waals surface area contributed by atoms with Gasteiger partial charge in [-0.2, -0.15) is 0 Å². The van der Waals surface area contributed by atoms with E-state index in [4.69, 9.17) is 10.8 Å². The van der Waals surface area contributed by atoms with Crippen molar-refractivity contribution in [2.75, 3.05) is 6.54 Å². The molecule has 1 aliphatic carbocycles. The smallest absolute Gasteiger partial charge is 0.323 e. The second-order valence-corrected chi connectivity index (χ2v) is 5.09. The van der Waals surface area contributed by atoms with Crippen molar-refractivity contribution in [1.29, 1.82) is 0 Å². The maximum Gasteiger partial charge on any atom is 0.323 e. The van der Waals surface area contributed by atoms with Gasteiger partial charge in [0.2, 0.25) is 0 Å². The molecule has 0 bridgehead atoms. The predicted molar refractivity (Wildman–Crippen MR) is 57.6 cm³/mol. The van der Waals surface area contributed by atoms with E-state index < -0.39 is 11.5 Å². The fraction of sp³-hybridized carbons (Fsp3) is 0.909. The maximum atomic E-state index is 11.0. The predicted octanol–water partition coefficient (Wildman–Crippen LogP) is 0.805. The van der Waals surface area contributed by atoms with Crippen LogP contribution in [0.15, 0.2) is 0 Å². The molecule has 0 aromatic rings. The minimum Gasteiger partial charge on any atom is -0.480 e. The number of hydrogen-bond donors (Lipinski definition) is 2. The summed E-state index contributed by atoms with van der Waals surface area (Å²) in [5.74, 6) is -0.836. The van der Waals surface area contributed by atoms with E-state index in [1.807, 2.05) is 0 Å². The number of rotatable bonds is 2. The number of carboxylic acid groups (broad SMARTS) is 1. The van der Waals surface area contributed by atoms with Gasteiger partial charge in [0.15, 0.2) is 0 Å². The van der Waals surface area contributed by atoms with E-state index in [1.54, 1.807) is 0 Å².